The topological polar surface area (TPSA) is 49.6 Å². The monoisotopic (exact) mass is 317 g/mol. The lowest BCUT2D eigenvalue weighted by atomic mass is 9.95. The van der Waals surface area contributed by atoms with Crippen LogP contribution in [0.25, 0.3) is 0 Å². The molecule has 1 saturated heterocycles. The van der Waals surface area contributed by atoms with Gasteiger partial charge in [-0.15, -0.1) is 0 Å². The summed E-state index contributed by atoms with van der Waals surface area (Å²) < 4.78 is 0. The van der Waals surface area contributed by atoms with E-state index in [0.29, 0.717) is 12.1 Å². The van der Waals surface area contributed by atoms with Crippen LogP contribution in [0.4, 0.5) is 0 Å². The number of rotatable bonds is 5. The Hall–Kier alpha value is -1.39. The third kappa shape index (κ3) is 4.55. The van der Waals surface area contributed by atoms with Gasteiger partial charge in [0.05, 0.1) is 6.04 Å². The third-order valence-corrected chi connectivity index (χ3v) is 5.11. The van der Waals surface area contributed by atoms with E-state index in [0.717, 1.165) is 25.9 Å². The Labute approximate surface area is 140 Å². The molecule has 2 rings (SSSR count). The molecule has 1 aliphatic heterocycles. The first-order valence-corrected chi connectivity index (χ1v) is 8.70. The highest BCUT2D eigenvalue weighted by Gasteiger charge is 2.32. The molecule has 1 amide bonds. The van der Waals surface area contributed by atoms with Crippen molar-refractivity contribution < 1.29 is 4.79 Å². The maximum absolute atomic E-state index is 12.5. The van der Waals surface area contributed by atoms with Crippen LogP contribution in [0.15, 0.2) is 30.3 Å². The van der Waals surface area contributed by atoms with Gasteiger partial charge in [-0.05, 0) is 31.2 Å². The van der Waals surface area contributed by atoms with Crippen molar-refractivity contribution in [2.75, 3.05) is 13.6 Å². The maximum atomic E-state index is 12.5. The van der Waals surface area contributed by atoms with Gasteiger partial charge in [-0.25, -0.2) is 0 Å². The number of hydrogen-bond acceptors (Lipinski definition) is 3. The van der Waals surface area contributed by atoms with Crippen molar-refractivity contribution >= 4 is 5.91 Å². The summed E-state index contributed by atoms with van der Waals surface area (Å²) in [6, 6.07) is 11.0. The molecule has 1 aromatic rings. The van der Waals surface area contributed by atoms with Crippen LogP contribution in [0.3, 0.4) is 0 Å². The summed E-state index contributed by atoms with van der Waals surface area (Å²) in [5, 5.41) is 0. The molecule has 128 valence electrons. The van der Waals surface area contributed by atoms with Crippen molar-refractivity contribution in [1.82, 2.24) is 9.80 Å². The molecule has 0 aliphatic carbocycles. The Morgan fingerprint density at radius 2 is 2.00 bits per heavy atom. The molecule has 0 unspecified atom stereocenters. The number of likely N-dealkylation sites (N-methyl/N-ethyl adjacent to an activating group) is 1. The van der Waals surface area contributed by atoms with Crippen LogP contribution < -0.4 is 5.73 Å². The van der Waals surface area contributed by atoms with Crippen LogP contribution in [-0.4, -0.2) is 47.4 Å². The fourth-order valence-electron chi connectivity index (χ4n) is 3.30. The summed E-state index contributed by atoms with van der Waals surface area (Å²) in [5.74, 6) is 0.259. The van der Waals surface area contributed by atoms with Crippen molar-refractivity contribution in [3.05, 3.63) is 35.9 Å². The van der Waals surface area contributed by atoms with Crippen molar-refractivity contribution in [1.29, 1.82) is 0 Å². The van der Waals surface area contributed by atoms with Gasteiger partial charge in [0.25, 0.3) is 0 Å². The van der Waals surface area contributed by atoms with Gasteiger partial charge in [-0.3, -0.25) is 9.69 Å². The number of nitrogens with two attached hydrogens (primary N) is 1. The predicted octanol–water partition coefficient (Wildman–Crippen LogP) is 2.48. The van der Waals surface area contributed by atoms with E-state index in [1.807, 2.05) is 25.8 Å². The summed E-state index contributed by atoms with van der Waals surface area (Å²) in [6.07, 6.45) is 2.03. The second kappa shape index (κ2) is 7.93. The molecule has 0 radical (unpaired) electrons. The smallest absolute Gasteiger partial charge is 0.239 e. The van der Waals surface area contributed by atoms with Crippen LogP contribution in [0, 0.1) is 5.92 Å². The quantitative estimate of drug-likeness (QED) is 0.907. The summed E-state index contributed by atoms with van der Waals surface area (Å²) >= 11 is 0. The van der Waals surface area contributed by atoms with E-state index < -0.39 is 6.04 Å². The minimum absolute atomic E-state index is 0.0775. The van der Waals surface area contributed by atoms with Gasteiger partial charge in [0.2, 0.25) is 5.91 Å². The minimum atomic E-state index is -0.391. The third-order valence-electron chi connectivity index (χ3n) is 5.11. The van der Waals surface area contributed by atoms with Gasteiger partial charge in [0, 0.05) is 32.2 Å². The normalized spacial score (nSPS) is 23.7. The summed E-state index contributed by atoms with van der Waals surface area (Å²) in [7, 11) is 1.91. The number of piperidine rings is 1. The zero-order valence-corrected chi connectivity index (χ0v) is 14.9. The van der Waals surface area contributed by atoms with Gasteiger partial charge in [-0.2, -0.15) is 0 Å². The molecule has 0 bridgehead atoms. The first-order valence-electron chi connectivity index (χ1n) is 8.70. The fourth-order valence-corrected chi connectivity index (χ4v) is 3.30. The zero-order chi connectivity index (χ0) is 17.0. The first-order chi connectivity index (χ1) is 10.9. The fraction of sp³-hybridized carbons (Fsp3) is 0.632. The molecule has 3 atom stereocenters. The molecule has 4 heteroatoms. The summed E-state index contributed by atoms with van der Waals surface area (Å²) in [4.78, 5) is 16.8. The molecule has 1 aliphatic rings. The van der Waals surface area contributed by atoms with E-state index in [9.17, 15) is 4.79 Å². The second-order valence-corrected chi connectivity index (χ2v) is 7.20. The number of nitrogens with zero attached hydrogens (tertiary/aromatic N) is 2. The molecule has 2 N–H and O–H groups in total. The van der Waals surface area contributed by atoms with E-state index in [-0.39, 0.29) is 11.8 Å². The predicted molar refractivity (Wildman–Crippen MR) is 94.9 cm³/mol. The number of carbonyl (C=O) groups is 1. The summed E-state index contributed by atoms with van der Waals surface area (Å²) in [6.45, 7) is 8.27. The van der Waals surface area contributed by atoms with E-state index in [1.54, 1.807) is 0 Å². The molecular formula is C19H31N3O. The molecule has 1 aromatic carbocycles. The van der Waals surface area contributed by atoms with E-state index in [1.165, 1.54) is 5.56 Å². The highest BCUT2D eigenvalue weighted by atomic mass is 16.2. The first kappa shape index (κ1) is 18.0. The lowest BCUT2D eigenvalue weighted by molar-refractivity contribution is -0.135. The zero-order valence-electron chi connectivity index (χ0n) is 14.9. The second-order valence-electron chi connectivity index (χ2n) is 7.20. The molecule has 4 nitrogen and oxygen atoms in total. The van der Waals surface area contributed by atoms with Crippen LogP contribution in [-0.2, 0) is 11.3 Å². The van der Waals surface area contributed by atoms with Crippen molar-refractivity contribution in [2.24, 2.45) is 11.7 Å². The number of benzene rings is 1. The molecule has 1 heterocycles. The molecule has 0 aromatic heterocycles. The molecule has 23 heavy (non-hydrogen) atoms. The van der Waals surface area contributed by atoms with Gasteiger partial charge < -0.3 is 10.6 Å². The number of carbonyl (C=O) groups excluding carboxylic acids is 1. The van der Waals surface area contributed by atoms with Crippen LogP contribution >= 0.6 is 0 Å². The maximum Gasteiger partial charge on any atom is 0.239 e. The van der Waals surface area contributed by atoms with Crippen LogP contribution in [0.1, 0.15) is 39.2 Å². The van der Waals surface area contributed by atoms with Crippen molar-refractivity contribution in [3.8, 4) is 0 Å². The average molecular weight is 317 g/mol. The Balaban J connectivity index is 1.91. The lowest BCUT2D eigenvalue weighted by Gasteiger charge is -2.42. The number of likely N-dealkylation sites (tertiary alicyclic amines) is 1. The highest BCUT2D eigenvalue weighted by molar-refractivity contribution is 5.82. The van der Waals surface area contributed by atoms with Crippen molar-refractivity contribution in [2.45, 2.75) is 58.3 Å². The Morgan fingerprint density at radius 3 is 2.57 bits per heavy atom. The molecule has 0 spiro atoms. The number of amides is 1. The van der Waals surface area contributed by atoms with Gasteiger partial charge >= 0.3 is 0 Å². The average Bonchev–Trinajstić information content (AvgIpc) is 2.55. The Kier molecular flexibility index (Phi) is 6.19. The van der Waals surface area contributed by atoms with Gasteiger partial charge in [0.15, 0.2) is 0 Å². The molecule has 1 fully saturated rings. The minimum Gasteiger partial charge on any atom is -0.341 e. The van der Waals surface area contributed by atoms with Crippen LogP contribution in [0.2, 0.25) is 0 Å². The van der Waals surface area contributed by atoms with Gasteiger partial charge in [-0.1, -0.05) is 44.2 Å². The van der Waals surface area contributed by atoms with E-state index in [4.69, 9.17) is 5.73 Å². The van der Waals surface area contributed by atoms with E-state index in [2.05, 4.69) is 42.2 Å². The Bertz CT molecular complexity index is 503. The lowest BCUT2D eigenvalue weighted by Crippen LogP contribution is -2.53. The standard InChI is InChI=1S/C19H31N3O/c1-14(2)18(20)19(23)21(4)17-10-11-22(15(3)12-17)13-16-8-6-5-7-9-16/h5-9,14-15,17-18H,10-13,20H2,1-4H3/t15-,17+,18-/m0/s1. The van der Waals surface area contributed by atoms with Crippen LogP contribution in [0.5, 0.6) is 0 Å². The van der Waals surface area contributed by atoms with Gasteiger partial charge in [0.1, 0.15) is 0 Å². The molecule has 0 saturated carbocycles. The highest BCUT2D eigenvalue weighted by Crippen LogP contribution is 2.23. The van der Waals surface area contributed by atoms with E-state index >= 15 is 0 Å². The Morgan fingerprint density at radius 1 is 1.35 bits per heavy atom. The molecular weight excluding hydrogens is 286 g/mol. The van der Waals surface area contributed by atoms with Crippen molar-refractivity contribution in [3.63, 3.8) is 0 Å². The summed E-state index contributed by atoms with van der Waals surface area (Å²) in [5.41, 5.74) is 7.38. The number of hydrogen-bond donors (Lipinski definition) is 1. The SMILES string of the molecule is CC(C)[C@H](N)C(=O)N(C)[C@@H]1CCN(Cc2ccccc2)[C@@H](C)C1. The largest absolute Gasteiger partial charge is 0.341 e.